The molecular formula is C28H30F3NO7S. The van der Waals surface area contributed by atoms with Crippen LogP contribution in [0.25, 0.3) is 0 Å². The van der Waals surface area contributed by atoms with E-state index < -0.39 is 45.8 Å². The van der Waals surface area contributed by atoms with E-state index in [1.807, 2.05) is 0 Å². The molecule has 1 heterocycles. The van der Waals surface area contributed by atoms with E-state index in [4.69, 9.17) is 13.7 Å². The third-order valence-electron chi connectivity index (χ3n) is 6.24. The number of halogens is 3. The van der Waals surface area contributed by atoms with Gasteiger partial charge in [-0.05, 0) is 43.9 Å². The lowest BCUT2D eigenvalue weighted by Crippen LogP contribution is -2.34. The zero-order chi connectivity index (χ0) is 29.7. The number of dihydropyridines is 1. The summed E-state index contributed by atoms with van der Waals surface area (Å²) in [6.07, 6.45) is -4.85. The highest BCUT2D eigenvalue weighted by Crippen LogP contribution is 2.45. The number of methoxy groups -OCH3 is 1. The summed E-state index contributed by atoms with van der Waals surface area (Å²) in [5.41, 5.74) is -0.860. The minimum absolute atomic E-state index is 0.0246. The van der Waals surface area contributed by atoms with Gasteiger partial charge in [0, 0.05) is 11.4 Å². The van der Waals surface area contributed by atoms with Gasteiger partial charge < -0.3 is 14.8 Å². The molecule has 0 fully saturated rings. The lowest BCUT2D eigenvalue weighted by molar-refractivity contribution is -0.141. The Morgan fingerprint density at radius 2 is 1.62 bits per heavy atom. The van der Waals surface area contributed by atoms with Gasteiger partial charge >= 0.3 is 18.1 Å². The van der Waals surface area contributed by atoms with Crippen LogP contribution in [-0.4, -0.2) is 40.3 Å². The molecular weight excluding hydrogens is 551 g/mol. The molecule has 0 spiro atoms. The summed E-state index contributed by atoms with van der Waals surface area (Å²) in [5, 5.41) is 2.97. The van der Waals surface area contributed by atoms with E-state index in [-0.39, 0.29) is 47.6 Å². The Morgan fingerprint density at radius 3 is 2.20 bits per heavy atom. The van der Waals surface area contributed by atoms with Crippen molar-refractivity contribution in [1.29, 1.82) is 0 Å². The average molecular weight is 582 g/mol. The van der Waals surface area contributed by atoms with Crippen LogP contribution in [0.4, 0.5) is 13.2 Å². The second kappa shape index (κ2) is 12.7. The molecule has 1 aliphatic heterocycles. The molecule has 0 aromatic heterocycles. The maximum Gasteiger partial charge on any atom is 0.416 e. The molecule has 8 nitrogen and oxygen atoms in total. The number of alkyl halides is 3. The lowest BCUT2D eigenvalue weighted by atomic mass is 9.77. The van der Waals surface area contributed by atoms with Gasteiger partial charge in [-0.1, -0.05) is 48.5 Å². The molecule has 216 valence electrons. The third kappa shape index (κ3) is 7.30. The summed E-state index contributed by atoms with van der Waals surface area (Å²) in [6, 6.07) is 13.2. The van der Waals surface area contributed by atoms with E-state index in [9.17, 15) is 31.2 Å². The minimum Gasteiger partial charge on any atom is -0.466 e. The van der Waals surface area contributed by atoms with Crippen LogP contribution >= 0.6 is 0 Å². The normalized spacial score (nSPS) is 16.8. The van der Waals surface area contributed by atoms with Crippen LogP contribution in [0.1, 0.15) is 55.4 Å². The summed E-state index contributed by atoms with van der Waals surface area (Å²) in [4.78, 5) is 26.3. The molecule has 12 heteroatoms. The van der Waals surface area contributed by atoms with Crippen molar-refractivity contribution in [1.82, 2.24) is 5.32 Å². The second-order valence-corrected chi connectivity index (χ2v) is 10.6. The number of hydrogen-bond donors (Lipinski definition) is 1. The molecule has 0 radical (unpaired) electrons. The van der Waals surface area contributed by atoms with Crippen molar-refractivity contribution in [2.75, 3.05) is 20.0 Å². The summed E-state index contributed by atoms with van der Waals surface area (Å²) < 4.78 is 81.8. The monoisotopic (exact) mass is 581 g/mol. The molecule has 2 aromatic rings. The average Bonchev–Trinajstić information content (AvgIpc) is 2.89. The van der Waals surface area contributed by atoms with Gasteiger partial charge in [-0.3, -0.25) is 4.18 Å². The molecule has 0 amide bonds. The first-order valence-corrected chi connectivity index (χ1v) is 14.2. The second-order valence-electron chi connectivity index (χ2n) is 9.02. The third-order valence-corrected chi connectivity index (χ3v) is 6.82. The molecule has 0 saturated carbocycles. The van der Waals surface area contributed by atoms with Crippen LogP contribution in [0.2, 0.25) is 0 Å². The number of nitrogens with one attached hydrogen (secondary N) is 1. The maximum atomic E-state index is 14.1. The van der Waals surface area contributed by atoms with E-state index in [0.29, 0.717) is 5.56 Å². The van der Waals surface area contributed by atoms with Gasteiger partial charge in [0.15, 0.2) is 0 Å². The van der Waals surface area contributed by atoms with Crippen LogP contribution in [0.3, 0.4) is 0 Å². The van der Waals surface area contributed by atoms with Crippen molar-refractivity contribution in [2.24, 2.45) is 0 Å². The van der Waals surface area contributed by atoms with Crippen LogP contribution in [0, 0.1) is 0 Å². The molecule has 2 aromatic carbocycles. The topological polar surface area (TPSA) is 108 Å². The minimum atomic E-state index is -4.79. The summed E-state index contributed by atoms with van der Waals surface area (Å²) in [5.74, 6) is -3.33. The Kier molecular flexibility index (Phi) is 9.80. The first-order valence-electron chi connectivity index (χ1n) is 12.3. The Morgan fingerprint density at radius 1 is 1.00 bits per heavy atom. The predicted molar refractivity (Wildman–Crippen MR) is 140 cm³/mol. The number of hydrogen-bond acceptors (Lipinski definition) is 8. The van der Waals surface area contributed by atoms with Gasteiger partial charge in [-0.15, -0.1) is 0 Å². The zero-order valence-corrected chi connectivity index (χ0v) is 23.2. The fraction of sp³-hybridized carbons (Fsp3) is 0.357. The molecule has 1 N–H and O–H groups in total. The number of benzene rings is 2. The van der Waals surface area contributed by atoms with Crippen molar-refractivity contribution in [3.05, 3.63) is 93.8 Å². The predicted octanol–water partition coefficient (Wildman–Crippen LogP) is 5.15. The van der Waals surface area contributed by atoms with Crippen LogP contribution in [-0.2, 0) is 39.5 Å². The standard InChI is InChI=1S/C28H30F3NO7S/c1-5-38-27(34)25-21(15-16-22(39-40(4,35)36)18-11-7-6-8-12-18)32-17(2)23(26(33)37-3)24(25)19-13-9-10-14-20(19)28(29,30)31/h6-14,22,24,32H,5,15-16H2,1-4H3. The van der Waals surface area contributed by atoms with Crippen molar-refractivity contribution < 1.29 is 44.8 Å². The van der Waals surface area contributed by atoms with Crippen LogP contribution in [0.5, 0.6) is 0 Å². The molecule has 1 aliphatic rings. The molecule has 2 atom stereocenters. The Hall–Kier alpha value is -3.64. The molecule has 0 bridgehead atoms. The number of carbonyl (C=O) groups is 2. The molecule has 2 unspecified atom stereocenters. The van der Waals surface area contributed by atoms with Gasteiger partial charge in [-0.25, -0.2) is 9.59 Å². The number of rotatable bonds is 10. The SMILES string of the molecule is CCOC(=O)C1=C(CCC(OS(C)(=O)=O)c2ccccc2)NC(C)=C(C(=O)OC)C1c1ccccc1C(F)(F)F. The largest absolute Gasteiger partial charge is 0.466 e. The van der Waals surface area contributed by atoms with Crippen molar-refractivity contribution in [2.45, 2.75) is 44.9 Å². The van der Waals surface area contributed by atoms with E-state index >= 15 is 0 Å². The number of allylic oxidation sites excluding steroid dienone is 2. The molecule has 40 heavy (non-hydrogen) atoms. The van der Waals surface area contributed by atoms with E-state index in [0.717, 1.165) is 19.4 Å². The maximum absolute atomic E-state index is 14.1. The van der Waals surface area contributed by atoms with Crippen LogP contribution < -0.4 is 5.32 Å². The summed E-state index contributed by atoms with van der Waals surface area (Å²) in [6.45, 7) is 2.95. The zero-order valence-electron chi connectivity index (χ0n) is 22.4. The molecule has 0 saturated heterocycles. The van der Waals surface area contributed by atoms with E-state index in [2.05, 4.69) is 5.32 Å². The van der Waals surface area contributed by atoms with Gasteiger partial charge in [0.05, 0.1) is 42.6 Å². The highest BCUT2D eigenvalue weighted by Gasteiger charge is 2.43. The van der Waals surface area contributed by atoms with Gasteiger partial charge in [0.1, 0.15) is 6.10 Å². The van der Waals surface area contributed by atoms with Gasteiger partial charge in [0.25, 0.3) is 10.1 Å². The number of carbonyl (C=O) groups excluding carboxylic acids is 2. The fourth-order valence-electron chi connectivity index (χ4n) is 4.67. The molecule has 0 aliphatic carbocycles. The fourth-order valence-corrected chi connectivity index (χ4v) is 5.30. The van der Waals surface area contributed by atoms with Gasteiger partial charge in [0.2, 0.25) is 0 Å². The van der Waals surface area contributed by atoms with E-state index in [1.54, 1.807) is 37.3 Å². The summed E-state index contributed by atoms with van der Waals surface area (Å²) in [7, 11) is -2.81. The summed E-state index contributed by atoms with van der Waals surface area (Å²) >= 11 is 0. The first kappa shape index (κ1) is 30.9. The van der Waals surface area contributed by atoms with Crippen molar-refractivity contribution >= 4 is 22.1 Å². The Balaban J connectivity index is 2.21. The van der Waals surface area contributed by atoms with E-state index in [1.165, 1.54) is 25.1 Å². The van der Waals surface area contributed by atoms with Crippen molar-refractivity contribution in [3.8, 4) is 0 Å². The van der Waals surface area contributed by atoms with Crippen molar-refractivity contribution in [3.63, 3.8) is 0 Å². The van der Waals surface area contributed by atoms with Gasteiger partial charge in [-0.2, -0.15) is 21.6 Å². The quantitative estimate of drug-likeness (QED) is 0.303. The highest BCUT2D eigenvalue weighted by atomic mass is 32.2. The lowest BCUT2D eigenvalue weighted by Gasteiger charge is -2.33. The smallest absolute Gasteiger partial charge is 0.416 e. The Bertz CT molecular complexity index is 1420. The first-order chi connectivity index (χ1) is 18.8. The molecule has 3 rings (SSSR count). The number of esters is 2. The Labute approximate surface area is 230 Å². The van der Waals surface area contributed by atoms with Crippen LogP contribution in [0.15, 0.2) is 77.1 Å². The number of ether oxygens (including phenoxy) is 2. The highest BCUT2D eigenvalue weighted by molar-refractivity contribution is 7.86.